The fourth-order valence-electron chi connectivity index (χ4n) is 2.00. The molecule has 0 amide bonds. The molecular weight excluding hydrogens is 240 g/mol. The Labute approximate surface area is 111 Å². The average molecular weight is 256 g/mol. The van der Waals surface area contributed by atoms with Crippen LogP contribution < -0.4 is 5.32 Å². The molecule has 2 heterocycles. The van der Waals surface area contributed by atoms with Gasteiger partial charge >= 0.3 is 0 Å². The second-order valence-electron chi connectivity index (χ2n) is 4.65. The van der Waals surface area contributed by atoms with Gasteiger partial charge in [0.05, 0.1) is 6.04 Å². The van der Waals surface area contributed by atoms with Gasteiger partial charge in [0.1, 0.15) is 5.52 Å². The number of rotatable bonds is 4. The Hall–Kier alpha value is -2.30. The summed E-state index contributed by atoms with van der Waals surface area (Å²) >= 11 is 0. The number of hydrogen-bond acceptors (Lipinski definition) is 4. The minimum atomic E-state index is 0.160. The quantitative estimate of drug-likeness (QED) is 0.779. The van der Waals surface area contributed by atoms with E-state index in [2.05, 4.69) is 29.2 Å². The first-order valence-electron chi connectivity index (χ1n) is 6.35. The molecule has 98 valence electrons. The Balaban J connectivity index is 1.77. The molecule has 0 aliphatic heterocycles. The first-order chi connectivity index (χ1) is 9.24. The van der Waals surface area contributed by atoms with E-state index < -0.39 is 0 Å². The number of para-hydroxylation sites is 2. The number of hydrogen-bond donors (Lipinski definition) is 1. The molecule has 0 fully saturated rings. The van der Waals surface area contributed by atoms with Gasteiger partial charge in [-0.3, -0.25) is 4.68 Å². The largest absolute Gasteiger partial charge is 0.424 e. The fourth-order valence-corrected chi connectivity index (χ4v) is 2.00. The van der Waals surface area contributed by atoms with Gasteiger partial charge in [0.25, 0.3) is 6.01 Å². The lowest BCUT2D eigenvalue weighted by Gasteiger charge is -2.20. The maximum absolute atomic E-state index is 5.65. The lowest BCUT2D eigenvalue weighted by atomic mass is 10.2. The molecule has 2 aromatic heterocycles. The summed E-state index contributed by atoms with van der Waals surface area (Å²) in [4.78, 5) is 4.41. The van der Waals surface area contributed by atoms with Crippen LogP contribution in [0, 0.1) is 0 Å². The summed E-state index contributed by atoms with van der Waals surface area (Å²) in [5.41, 5.74) is 1.66. The topological polar surface area (TPSA) is 55.9 Å². The third kappa shape index (κ3) is 2.31. The van der Waals surface area contributed by atoms with Crippen molar-refractivity contribution in [3.05, 3.63) is 42.7 Å². The molecule has 1 aromatic carbocycles. The van der Waals surface area contributed by atoms with E-state index in [9.17, 15) is 0 Å². The summed E-state index contributed by atoms with van der Waals surface area (Å²) in [7, 11) is 0. The van der Waals surface area contributed by atoms with E-state index in [0.29, 0.717) is 6.01 Å². The second-order valence-corrected chi connectivity index (χ2v) is 4.65. The average Bonchev–Trinajstić information content (AvgIpc) is 3.06. The van der Waals surface area contributed by atoms with Crippen LogP contribution in [0.15, 0.2) is 47.1 Å². The predicted octanol–water partition coefficient (Wildman–Crippen LogP) is 3.09. The van der Waals surface area contributed by atoms with Crippen LogP contribution >= 0.6 is 0 Å². The van der Waals surface area contributed by atoms with Crippen LogP contribution in [0.2, 0.25) is 0 Å². The van der Waals surface area contributed by atoms with Crippen molar-refractivity contribution in [2.75, 3.05) is 5.32 Å². The highest BCUT2D eigenvalue weighted by Gasteiger charge is 2.16. The van der Waals surface area contributed by atoms with Gasteiger partial charge in [-0.2, -0.15) is 10.1 Å². The molecule has 1 N–H and O–H groups in total. The molecular formula is C14H16N4O. The number of benzene rings is 1. The Bertz CT molecular complexity index is 626. The molecule has 0 unspecified atom stereocenters. The maximum atomic E-state index is 5.65. The van der Waals surface area contributed by atoms with Crippen molar-refractivity contribution < 1.29 is 4.42 Å². The first kappa shape index (κ1) is 11.8. The number of fused-ring (bicyclic) bond motifs is 1. The molecule has 0 aliphatic carbocycles. The molecule has 2 atom stereocenters. The van der Waals surface area contributed by atoms with Crippen LogP contribution in [-0.2, 0) is 0 Å². The van der Waals surface area contributed by atoms with E-state index in [1.165, 1.54) is 0 Å². The molecule has 3 aromatic rings. The number of nitrogens with one attached hydrogen (secondary N) is 1. The third-order valence-electron chi connectivity index (χ3n) is 3.31. The van der Waals surface area contributed by atoms with Crippen LogP contribution in [0.5, 0.6) is 0 Å². The maximum Gasteiger partial charge on any atom is 0.295 e. The fraction of sp³-hybridized carbons (Fsp3) is 0.286. The van der Waals surface area contributed by atoms with E-state index in [1.807, 2.05) is 41.2 Å². The van der Waals surface area contributed by atoms with E-state index in [1.54, 1.807) is 6.20 Å². The van der Waals surface area contributed by atoms with Gasteiger partial charge in [-0.1, -0.05) is 12.1 Å². The van der Waals surface area contributed by atoms with Crippen LogP contribution in [0.3, 0.4) is 0 Å². The van der Waals surface area contributed by atoms with Crippen LogP contribution in [0.4, 0.5) is 6.01 Å². The molecule has 3 rings (SSSR count). The lowest BCUT2D eigenvalue weighted by Crippen LogP contribution is -2.27. The van der Waals surface area contributed by atoms with E-state index in [-0.39, 0.29) is 12.1 Å². The Kier molecular flexibility index (Phi) is 2.95. The Morgan fingerprint density at radius 2 is 2.05 bits per heavy atom. The highest BCUT2D eigenvalue weighted by atomic mass is 16.4. The Morgan fingerprint density at radius 3 is 2.79 bits per heavy atom. The highest BCUT2D eigenvalue weighted by Crippen LogP contribution is 2.20. The predicted molar refractivity (Wildman–Crippen MR) is 74.0 cm³/mol. The van der Waals surface area contributed by atoms with E-state index >= 15 is 0 Å². The van der Waals surface area contributed by atoms with Gasteiger partial charge in [0.15, 0.2) is 5.58 Å². The van der Waals surface area contributed by atoms with Crippen LogP contribution in [-0.4, -0.2) is 20.8 Å². The van der Waals surface area contributed by atoms with Crippen molar-refractivity contribution in [2.24, 2.45) is 0 Å². The monoisotopic (exact) mass is 256 g/mol. The normalized spacial score (nSPS) is 14.4. The summed E-state index contributed by atoms with van der Waals surface area (Å²) in [5.74, 6) is 0. The van der Waals surface area contributed by atoms with Gasteiger partial charge in [0.2, 0.25) is 0 Å². The molecule has 5 nitrogen and oxygen atoms in total. The number of nitrogens with zero attached hydrogens (tertiary/aromatic N) is 3. The Morgan fingerprint density at radius 1 is 1.21 bits per heavy atom. The smallest absolute Gasteiger partial charge is 0.295 e. The van der Waals surface area contributed by atoms with Gasteiger partial charge in [-0.05, 0) is 32.0 Å². The SMILES string of the molecule is C[C@H]([C@@H](C)Nc1nc2ccccc2o1)n1cccn1. The van der Waals surface area contributed by atoms with Crippen molar-refractivity contribution in [1.29, 1.82) is 0 Å². The number of aromatic nitrogens is 3. The number of oxazole rings is 1. The first-order valence-corrected chi connectivity index (χ1v) is 6.35. The van der Waals surface area contributed by atoms with Crippen LogP contribution in [0.25, 0.3) is 11.1 Å². The molecule has 0 aliphatic rings. The molecule has 0 saturated heterocycles. The molecule has 5 heteroatoms. The van der Waals surface area contributed by atoms with Crippen molar-refractivity contribution in [3.63, 3.8) is 0 Å². The summed E-state index contributed by atoms with van der Waals surface area (Å²) < 4.78 is 7.57. The lowest BCUT2D eigenvalue weighted by molar-refractivity contribution is 0.435. The second kappa shape index (κ2) is 4.76. The standard InChI is InChI=1S/C14H16N4O/c1-10(11(2)18-9-5-8-15-18)16-14-17-12-6-3-4-7-13(12)19-14/h3-11H,1-2H3,(H,16,17)/t10-,11-/m1/s1. The van der Waals surface area contributed by atoms with Gasteiger partial charge < -0.3 is 9.73 Å². The minimum Gasteiger partial charge on any atom is -0.424 e. The third-order valence-corrected chi connectivity index (χ3v) is 3.31. The van der Waals surface area contributed by atoms with Crippen molar-refractivity contribution >= 4 is 17.1 Å². The zero-order valence-electron chi connectivity index (χ0n) is 10.9. The van der Waals surface area contributed by atoms with Crippen molar-refractivity contribution in [1.82, 2.24) is 14.8 Å². The van der Waals surface area contributed by atoms with Crippen molar-refractivity contribution in [3.8, 4) is 0 Å². The van der Waals surface area contributed by atoms with E-state index in [0.717, 1.165) is 11.1 Å². The van der Waals surface area contributed by atoms with Gasteiger partial charge in [-0.25, -0.2) is 0 Å². The van der Waals surface area contributed by atoms with Gasteiger partial charge in [0, 0.05) is 18.4 Å². The molecule has 0 radical (unpaired) electrons. The van der Waals surface area contributed by atoms with Crippen molar-refractivity contribution in [2.45, 2.75) is 25.9 Å². The minimum absolute atomic E-state index is 0.160. The van der Waals surface area contributed by atoms with E-state index in [4.69, 9.17) is 4.42 Å². The summed E-state index contributed by atoms with van der Waals surface area (Å²) in [6.45, 7) is 4.19. The molecule has 0 spiro atoms. The zero-order valence-corrected chi connectivity index (χ0v) is 10.9. The van der Waals surface area contributed by atoms with Gasteiger partial charge in [-0.15, -0.1) is 0 Å². The molecule has 19 heavy (non-hydrogen) atoms. The molecule has 0 saturated carbocycles. The highest BCUT2D eigenvalue weighted by molar-refractivity contribution is 5.74. The zero-order chi connectivity index (χ0) is 13.2. The summed E-state index contributed by atoms with van der Waals surface area (Å²) in [6, 6.07) is 10.6. The van der Waals surface area contributed by atoms with Crippen LogP contribution in [0.1, 0.15) is 19.9 Å². The summed E-state index contributed by atoms with van der Waals surface area (Å²) in [6.07, 6.45) is 3.73. The summed E-state index contributed by atoms with van der Waals surface area (Å²) in [5, 5.41) is 7.53. The molecule has 0 bridgehead atoms. The number of anilines is 1.